The quantitative estimate of drug-likeness (QED) is 0.739. The van der Waals surface area contributed by atoms with Gasteiger partial charge in [-0.05, 0) is 26.3 Å². The molecule has 1 aromatic heterocycles. The maximum atomic E-state index is 4.23. The van der Waals surface area contributed by atoms with Crippen LogP contribution in [0.4, 0.5) is 5.69 Å². The van der Waals surface area contributed by atoms with Crippen molar-refractivity contribution in [2.24, 2.45) is 0 Å². The molecule has 0 aromatic carbocycles. The summed E-state index contributed by atoms with van der Waals surface area (Å²) in [5, 5.41) is 3.33. The van der Waals surface area contributed by atoms with Crippen molar-refractivity contribution in [1.29, 1.82) is 0 Å². The van der Waals surface area contributed by atoms with Crippen LogP contribution in [0.15, 0.2) is 12.3 Å². The number of hydrogen-bond donors (Lipinski definition) is 1. The molecule has 0 spiro atoms. The van der Waals surface area contributed by atoms with E-state index in [1.54, 1.807) is 6.20 Å². The van der Waals surface area contributed by atoms with Gasteiger partial charge in [-0.25, -0.2) is 0 Å². The SMILES string of the molecule is CCc1nc[c]cc1NC(C)C. The molecule has 0 amide bonds. The van der Waals surface area contributed by atoms with E-state index < -0.39 is 0 Å². The van der Waals surface area contributed by atoms with Crippen molar-refractivity contribution in [3.63, 3.8) is 0 Å². The molecule has 0 saturated heterocycles. The van der Waals surface area contributed by atoms with Crippen molar-refractivity contribution in [3.05, 3.63) is 24.0 Å². The van der Waals surface area contributed by atoms with Gasteiger partial charge in [-0.2, -0.15) is 0 Å². The van der Waals surface area contributed by atoms with E-state index in [-0.39, 0.29) is 0 Å². The van der Waals surface area contributed by atoms with Crippen molar-refractivity contribution in [2.75, 3.05) is 5.32 Å². The van der Waals surface area contributed by atoms with E-state index in [1.165, 1.54) is 0 Å². The van der Waals surface area contributed by atoms with Crippen LogP contribution in [0.25, 0.3) is 0 Å². The molecule has 0 aliphatic rings. The zero-order valence-electron chi connectivity index (χ0n) is 7.89. The van der Waals surface area contributed by atoms with Gasteiger partial charge in [0.25, 0.3) is 0 Å². The largest absolute Gasteiger partial charge is 0.381 e. The topological polar surface area (TPSA) is 24.9 Å². The van der Waals surface area contributed by atoms with Gasteiger partial charge in [0.05, 0.1) is 11.4 Å². The lowest BCUT2D eigenvalue weighted by Crippen LogP contribution is -2.11. The maximum absolute atomic E-state index is 4.23. The number of aryl methyl sites for hydroxylation is 1. The van der Waals surface area contributed by atoms with E-state index in [1.807, 2.05) is 6.07 Å². The van der Waals surface area contributed by atoms with Crippen molar-refractivity contribution in [3.8, 4) is 0 Å². The Bertz CT molecular complexity index is 243. The molecule has 1 N–H and O–H groups in total. The normalized spacial score (nSPS) is 10.3. The predicted octanol–water partition coefficient (Wildman–Crippen LogP) is 2.26. The molecule has 2 heteroatoms. The molecule has 0 fully saturated rings. The van der Waals surface area contributed by atoms with Crippen LogP contribution in [-0.4, -0.2) is 11.0 Å². The number of pyridine rings is 1. The van der Waals surface area contributed by atoms with Gasteiger partial charge in [0, 0.05) is 18.3 Å². The Hall–Kier alpha value is -1.05. The van der Waals surface area contributed by atoms with E-state index in [9.17, 15) is 0 Å². The van der Waals surface area contributed by atoms with Gasteiger partial charge >= 0.3 is 0 Å². The fraction of sp³-hybridized carbons (Fsp3) is 0.500. The molecule has 0 atom stereocenters. The van der Waals surface area contributed by atoms with Crippen LogP contribution >= 0.6 is 0 Å². The molecule has 2 nitrogen and oxygen atoms in total. The second kappa shape index (κ2) is 4.10. The van der Waals surface area contributed by atoms with E-state index in [2.05, 4.69) is 37.1 Å². The highest BCUT2D eigenvalue weighted by Crippen LogP contribution is 2.12. The summed E-state index contributed by atoms with van der Waals surface area (Å²) in [6.45, 7) is 6.34. The van der Waals surface area contributed by atoms with Crippen molar-refractivity contribution < 1.29 is 0 Å². The molecule has 0 bridgehead atoms. The summed E-state index contributed by atoms with van der Waals surface area (Å²) in [6, 6.07) is 5.37. The predicted molar refractivity (Wildman–Crippen MR) is 51.2 cm³/mol. The molecule has 0 saturated carbocycles. The summed E-state index contributed by atoms with van der Waals surface area (Å²) in [7, 11) is 0. The average molecular weight is 163 g/mol. The van der Waals surface area contributed by atoms with Crippen LogP contribution in [0.3, 0.4) is 0 Å². The summed E-state index contributed by atoms with van der Waals surface area (Å²) in [5.74, 6) is 0. The summed E-state index contributed by atoms with van der Waals surface area (Å²) < 4.78 is 0. The summed E-state index contributed by atoms with van der Waals surface area (Å²) in [4.78, 5) is 4.23. The zero-order valence-corrected chi connectivity index (χ0v) is 7.89. The van der Waals surface area contributed by atoms with Crippen LogP contribution in [0.5, 0.6) is 0 Å². The Labute approximate surface area is 74.0 Å². The molecule has 0 unspecified atom stereocenters. The fourth-order valence-electron chi connectivity index (χ4n) is 1.11. The van der Waals surface area contributed by atoms with Crippen LogP contribution in [0, 0.1) is 6.07 Å². The minimum Gasteiger partial charge on any atom is -0.381 e. The average Bonchev–Trinajstić information content (AvgIpc) is 2.04. The van der Waals surface area contributed by atoms with Gasteiger partial charge < -0.3 is 5.32 Å². The second-order valence-corrected chi connectivity index (χ2v) is 3.08. The molecule has 1 rings (SSSR count). The Morgan fingerprint density at radius 3 is 2.92 bits per heavy atom. The van der Waals surface area contributed by atoms with E-state index >= 15 is 0 Å². The fourth-order valence-corrected chi connectivity index (χ4v) is 1.11. The number of nitrogens with zero attached hydrogens (tertiary/aromatic N) is 1. The van der Waals surface area contributed by atoms with Gasteiger partial charge in [0.1, 0.15) is 0 Å². The first-order chi connectivity index (χ1) is 5.74. The standard InChI is InChI=1S/C10H15N2/c1-4-9-10(12-8(2)3)6-5-7-11-9/h6-8,12H,4H2,1-3H3. The van der Waals surface area contributed by atoms with Crippen LogP contribution in [-0.2, 0) is 6.42 Å². The molecular formula is C10H15N2. The third kappa shape index (κ3) is 2.22. The van der Waals surface area contributed by atoms with Crippen LogP contribution in [0.1, 0.15) is 26.5 Å². The minimum atomic E-state index is 0.452. The number of nitrogens with one attached hydrogen (secondary N) is 1. The number of anilines is 1. The molecule has 0 aliphatic heterocycles. The number of rotatable bonds is 3. The van der Waals surface area contributed by atoms with Gasteiger partial charge in [-0.3, -0.25) is 4.98 Å². The van der Waals surface area contributed by atoms with E-state index in [4.69, 9.17) is 0 Å². The Morgan fingerprint density at radius 2 is 2.33 bits per heavy atom. The summed E-state index contributed by atoms with van der Waals surface area (Å²) >= 11 is 0. The van der Waals surface area contributed by atoms with Gasteiger partial charge in [0.15, 0.2) is 0 Å². The Morgan fingerprint density at radius 1 is 1.58 bits per heavy atom. The molecule has 0 aliphatic carbocycles. The monoisotopic (exact) mass is 163 g/mol. The lowest BCUT2D eigenvalue weighted by molar-refractivity contribution is 0.886. The highest BCUT2D eigenvalue weighted by Gasteiger charge is 2.00. The third-order valence-electron chi connectivity index (χ3n) is 1.61. The highest BCUT2D eigenvalue weighted by molar-refractivity contribution is 5.47. The zero-order chi connectivity index (χ0) is 8.97. The lowest BCUT2D eigenvalue weighted by atomic mass is 10.2. The molecule has 1 aromatic rings. The molecular weight excluding hydrogens is 148 g/mol. The number of aromatic nitrogens is 1. The van der Waals surface area contributed by atoms with Crippen LogP contribution in [0.2, 0.25) is 0 Å². The van der Waals surface area contributed by atoms with E-state index in [0.717, 1.165) is 17.8 Å². The van der Waals surface area contributed by atoms with Crippen molar-refractivity contribution in [2.45, 2.75) is 33.2 Å². The summed E-state index contributed by atoms with van der Waals surface area (Å²) in [6.07, 6.45) is 2.67. The van der Waals surface area contributed by atoms with Crippen LogP contribution < -0.4 is 5.32 Å². The van der Waals surface area contributed by atoms with E-state index in [0.29, 0.717) is 6.04 Å². The third-order valence-corrected chi connectivity index (χ3v) is 1.61. The molecule has 12 heavy (non-hydrogen) atoms. The molecule has 65 valence electrons. The first-order valence-corrected chi connectivity index (χ1v) is 4.35. The first-order valence-electron chi connectivity index (χ1n) is 4.35. The Balaban J connectivity index is 2.82. The minimum absolute atomic E-state index is 0.452. The first kappa shape index (κ1) is 9.04. The highest BCUT2D eigenvalue weighted by atomic mass is 14.9. The van der Waals surface area contributed by atoms with Gasteiger partial charge in [0.2, 0.25) is 0 Å². The molecule has 1 heterocycles. The molecule has 1 radical (unpaired) electrons. The van der Waals surface area contributed by atoms with Gasteiger partial charge in [-0.1, -0.05) is 6.92 Å². The smallest absolute Gasteiger partial charge is 0.0632 e. The van der Waals surface area contributed by atoms with Crippen molar-refractivity contribution in [1.82, 2.24) is 4.98 Å². The Kier molecular flexibility index (Phi) is 3.09. The summed E-state index contributed by atoms with van der Waals surface area (Å²) in [5.41, 5.74) is 2.22. The van der Waals surface area contributed by atoms with Crippen molar-refractivity contribution >= 4 is 5.69 Å². The van der Waals surface area contributed by atoms with Gasteiger partial charge in [-0.15, -0.1) is 0 Å². The lowest BCUT2D eigenvalue weighted by Gasteiger charge is -2.12. The second-order valence-electron chi connectivity index (χ2n) is 3.08. The maximum Gasteiger partial charge on any atom is 0.0632 e. The number of hydrogen-bond acceptors (Lipinski definition) is 2.